The molecule has 0 aliphatic rings. The van der Waals surface area contributed by atoms with Crippen LogP contribution in [0.5, 0.6) is 0 Å². The first-order valence-corrected chi connectivity index (χ1v) is 8.14. The van der Waals surface area contributed by atoms with Gasteiger partial charge in [-0.1, -0.05) is 48.8 Å². The summed E-state index contributed by atoms with van der Waals surface area (Å²) < 4.78 is 1.09. The van der Waals surface area contributed by atoms with Gasteiger partial charge < -0.3 is 4.98 Å². The van der Waals surface area contributed by atoms with E-state index in [0.29, 0.717) is 0 Å². The Labute approximate surface area is 139 Å². The zero-order valence-electron chi connectivity index (χ0n) is 13.0. The van der Waals surface area contributed by atoms with Crippen molar-refractivity contribution in [3.8, 4) is 22.4 Å². The van der Waals surface area contributed by atoms with E-state index in [1.807, 2.05) is 12.4 Å². The molecule has 0 amide bonds. The summed E-state index contributed by atoms with van der Waals surface area (Å²) in [5, 5.41) is 0. The Morgan fingerprint density at radius 1 is 0.909 bits per heavy atom. The average Bonchev–Trinajstić information content (AvgIpc) is 2.94. The van der Waals surface area contributed by atoms with Crippen LogP contribution in [0.3, 0.4) is 0 Å². The maximum absolute atomic E-state index is 4.12. The number of halogens is 1. The number of H-pyrrole nitrogens is 1. The summed E-state index contributed by atoms with van der Waals surface area (Å²) in [6.45, 7) is 6.67. The molecule has 1 N–H and O–H groups in total. The van der Waals surface area contributed by atoms with Crippen molar-refractivity contribution < 1.29 is 0 Å². The standard InChI is InChI=1S/C19H19BrN2/c1-19(2,3)17-12-16(13-8-10-21-11-9-13)18(22-17)14-4-6-15(20)7-5-14/h4-12,22H,1-3H3. The highest BCUT2D eigenvalue weighted by atomic mass is 79.9. The number of aromatic nitrogens is 2. The molecule has 3 aromatic rings. The summed E-state index contributed by atoms with van der Waals surface area (Å²) in [6, 6.07) is 14.8. The number of aromatic amines is 1. The number of nitrogens with one attached hydrogen (secondary N) is 1. The summed E-state index contributed by atoms with van der Waals surface area (Å²) in [7, 11) is 0. The van der Waals surface area contributed by atoms with E-state index < -0.39 is 0 Å². The number of rotatable bonds is 2. The first kappa shape index (κ1) is 15.0. The van der Waals surface area contributed by atoms with Crippen LogP contribution in [0.15, 0.2) is 59.3 Å². The van der Waals surface area contributed by atoms with Crippen molar-refractivity contribution in [3.05, 3.63) is 65.0 Å². The first-order valence-electron chi connectivity index (χ1n) is 7.35. The molecule has 0 saturated carbocycles. The number of pyridine rings is 1. The number of nitrogens with zero attached hydrogens (tertiary/aromatic N) is 1. The zero-order valence-corrected chi connectivity index (χ0v) is 14.6. The van der Waals surface area contributed by atoms with Gasteiger partial charge in [-0.2, -0.15) is 0 Å². The molecule has 3 rings (SSSR count). The number of hydrogen-bond donors (Lipinski definition) is 1. The molecule has 22 heavy (non-hydrogen) atoms. The van der Waals surface area contributed by atoms with E-state index in [4.69, 9.17) is 0 Å². The molecule has 0 bridgehead atoms. The van der Waals surface area contributed by atoms with Gasteiger partial charge in [0.2, 0.25) is 0 Å². The predicted molar refractivity (Wildman–Crippen MR) is 95.9 cm³/mol. The maximum atomic E-state index is 4.12. The Balaban J connectivity index is 2.19. The van der Waals surface area contributed by atoms with Crippen molar-refractivity contribution in [2.24, 2.45) is 0 Å². The fraction of sp³-hybridized carbons (Fsp3) is 0.211. The zero-order chi connectivity index (χ0) is 15.7. The van der Waals surface area contributed by atoms with Gasteiger partial charge >= 0.3 is 0 Å². The van der Waals surface area contributed by atoms with Crippen molar-refractivity contribution in [2.75, 3.05) is 0 Å². The second kappa shape index (κ2) is 5.73. The average molecular weight is 355 g/mol. The fourth-order valence-electron chi connectivity index (χ4n) is 2.46. The van der Waals surface area contributed by atoms with Gasteiger partial charge in [0.25, 0.3) is 0 Å². The normalized spacial score (nSPS) is 11.6. The molecular weight excluding hydrogens is 336 g/mol. The molecule has 0 saturated heterocycles. The molecule has 2 nitrogen and oxygen atoms in total. The topological polar surface area (TPSA) is 28.7 Å². The third-order valence-corrected chi connectivity index (χ3v) is 4.28. The monoisotopic (exact) mass is 354 g/mol. The smallest absolute Gasteiger partial charge is 0.0535 e. The van der Waals surface area contributed by atoms with Gasteiger partial charge in [-0.3, -0.25) is 4.98 Å². The van der Waals surface area contributed by atoms with Gasteiger partial charge in [0.15, 0.2) is 0 Å². The third kappa shape index (κ3) is 3.00. The molecule has 3 heteroatoms. The van der Waals surface area contributed by atoms with Crippen molar-refractivity contribution in [3.63, 3.8) is 0 Å². The van der Waals surface area contributed by atoms with Crippen LogP contribution in [0.1, 0.15) is 26.5 Å². The van der Waals surface area contributed by atoms with Crippen molar-refractivity contribution in [2.45, 2.75) is 26.2 Å². The predicted octanol–water partition coefficient (Wildman–Crippen LogP) is 5.80. The lowest BCUT2D eigenvalue weighted by Crippen LogP contribution is -2.11. The lowest BCUT2D eigenvalue weighted by Gasteiger charge is -2.16. The van der Waals surface area contributed by atoms with E-state index >= 15 is 0 Å². The molecule has 0 spiro atoms. The summed E-state index contributed by atoms with van der Waals surface area (Å²) in [4.78, 5) is 7.74. The SMILES string of the molecule is CC(C)(C)c1cc(-c2ccncc2)c(-c2ccc(Br)cc2)[nH]1. The van der Waals surface area contributed by atoms with Gasteiger partial charge in [-0.25, -0.2) is 0 Å². The van der Waals surface area contributed by atoms with Crippen LogP contribution in [0.25, 0.3) is 22.4 Å². The second-order valence-corrected chi connectivity index (χ2v) is 7.38. The molecule has 112 valence electrons. The molecule has 0 atom stereocenters. The minimum atomic E-state index is 0.0788. The van der Waals surface area contributed by atoms with Crippen LogP contribution in [0.4, 0.5) is 0 Å². The molecule has 2 heterocycles. The fourth-order valence-corrected chi connectivity index (χ4v) is 2.73. The molecule has 2 aromatic heterocycles. The summed E-state index contributed by atoms with van der Waals surface area (Å²) in [5.41, 5.74) is 6.05. The molecule has 0 radical (unpaired) electrons. The Bertz CT molecular complexity index is 765. The van der Waals surface area contributed by atoms with Gasteiger partial charge in [-0.05, 0) is 41.5 Å². The largest absolute Gasteiger partial charge is 0.357 e. The third-order valence-electron chi connectivity index (χ3n) is 3.75. The van der Waals surface area contributed by atoms with Gasteiger partial charge in [0, 0.05) is 33.5 Å². The van der Waals surface area contributed by atoms with Crippen LogP contribution in [0.2, 0.25) is 0 Å². The van der Waals surface area contributed by atoms with Crippen LogP contribution in [-0.4, -0.2) is 9.97 Å². The molecule has 1 aromatic carbocycles. The summed E-state index contributed by atoms with van der Waals surface area (Å²) >= 11 is 3.50. The Morgan fingerprint density at radius 2 is 1.55 bits per heavy atom. The Morgan fingerprint density at radius 3 is 2.14 bits per heavy atom. The van der Waals surface area contributed by atoms with Crippen molar-refractivity contribution in [1.29, 1.82) is 0 Å². The van der Waals surface area contributed by atoms with Gasteiger partial charge in [0.1, 0.15) is 0 Å². The molecule has 0 fully saturated rings. The second-order valence-electron chi connectivity index (χ2n) is 6.46. The van der Waals surface area contributed by atoms with Crippen molar-refractivity contribution in [1.82, 2.24) is 9.97 Å². The van der Waals surface area contributed by atoms with E-state index in [0.717, 1.165) is 10.2 Å². The molecule has 0 unspecified atom stereocenters. The van der Waals surface area contributed by atoms with Gasteiger partial charge in [0.05, 0.1) is 5.69 Å². The molecular formula is C19H19BrN2. The number of hydrogen-bond acceptors (Lipinski definition) is 1. The van der Waals surface area contributed by atoms with Crippen LogP contribution < -0.4 is 0 Å². The van der Waals surface area contributed by atoms with Crippen molar-refractivity contribution >= 4 is 15.9 Å². The lowest BCUT2D eigenvalue weighted by atomic mass is 9.92. The minimum absolute atomic E-state index is 0.0788. The van der Waals surface area contributed by atoms with Crippen LogP contribution in [0, 0.1) is 0 Å². The van der Waals surface area contributed by atoms with E-state index in [2.05, 4.69) is 89.1 Å². The lowest BCUT2D eigenvalue weighted by molar-refractivity contribution is 0.573. The highest BCUT2D eigenvalue weighted by Crippen LogP contribution is 2.36. The van der Waals surface area contributed by atoms with E-state index in [9.17, 15) is 0 Å². The Hall–Kier alpha value is -1.87. The summed E-state index contributed by atoms with van der Waals surface area (Å²) in [6.07, 6.45) is 3.68. The maximum Gasteiger partial charge on any atom is 0.0535 e. The number of benzene rings is 1. The summed E-state index contributed by atoms with van der Waals surface area (Å²) in [5.74, 6) is 0. The molecule has 0 aliphatic heterocycles. The van der Waals surface area contributed by atoms with E-state index in [-0.39, 0.29) is 5.41 Å². The highest BCUT2D eigenvalue weighted by Gasteiger charge is 2.20. The van der Waals surface area contributed by atoms with Crippen LogP contribution >= 0.6 is 15.9 Å². The Kier molecular flexibility index (Phi) is 3.92. The van der Waals surface area contributed by atoms with E-state index in [1.165, 1.54) is 22.4 Å². The first-order chi connectivity index (χ1) is 10.4. The quantitative estimate of drug-likeness (QED) is 0.618. The van der Waals surface area contributed by atoms with Gasteiger partial charge in [-0.15, -0.1) is 0 Å². The highest BCUT2D eigenvalue weighted by molar-refractivity contribution is 9.10. The van der Waals surface area contributed by atoms with Crippen LogP contribution in [-0.2, 0) is 5.41 Å². The van der Waals surface area contributed by atoms with E-state index in [1.54, 1.807) is 0 Å². The molecule has 0 aliphatic carbocycles. The minimum Gasteiger partial charge on any atom is -0.357 e.